The normalized spacial score (nSPS) is 19.4. The molecule has 2 aromatic rings. The van der Waals surface area contributed by atoms with Gasteiger partial charge >= 0.3 is 0 Å². The first-order valence-electron chi connectivity index (χ1n) is 7.88. The lowest BCUT2D eigenvalue weighted by molar-refractivity contribution is -0.119. The Kier molecular flexibility index (Phi) is 4.92. The molecule has 3 rings (SSSR count). The Labute approximate surface area is 150 Å². The topological polar surface area (TPSA) is 81.7 Å². The Morgan fingerprint density at radius 1 is 1.16 bits per heavy atom. The fourth-order valence-corrected chi connectivity index (χ4v) is 3.19. The molecule has 25 heavy (non-hydrogen) atoms. The van der Waals surface area contributed by atoms with Gasteiger partial charge in [0.2, 0.25) is 5.91 Å². The highest BCUT2D eigenvalue weighted by atomic mass is 35.5. The monoisotopic (exact) mass is 359 g/mol. The molecule has 0 aromatic heterocycles. The maximum Gasteiger partial charge on any atom is 0.274 e. The van der Waals surface area contributed by atoms with Crippen molar-refractivity contribution in [2.24, 2.45) is 0 Å². The van der Waals surface area contributed by atoms with Crippen LogP contribution in [0.4, 0.5) is 11.4 Å². The van der Waals surface area contributed by atoms with Gasteiger partial charge in [0.25, 0.3) is 5.91 Å². The number of hydrogen-bond donors (Lipinski definition) is 3. The molecule has 0 radical (unpaired) electrons. The third-order valence-electron chi connectivity index (χ3n) is 4.31. The van der Waals surface area contributed by atoms with E-state index >= 15 is 0 Å². The van der Waals surface area contributed by atoms with Crippen LogP contribution in [-0.4, -0.2) is 29.1 Å². The van der Waals surface area contributed by atoms with Crippen molar-refractivity contribution in [2.45, 2.75) is 25.4 Å². The Morgan fingerprint density at radius 2 is 1.72 bits per heavy atom. The molecule has 0 saturated carbocycles. The van der Waals surface area contributed by atoms with Crippen LogP contribution in [-0.2, 0) is 4.79 Å². The summed E-state index contributed by atoms with van der Waals surface area (Å²) in [6.07, 6.45) is 0.378. The van der Waals surface area contributed by atoms with Crippen LogP contribution in [0, 0.1) is 0 Å². The number of hydrogen-bond acceptors (Lipinski definition) is 4. The molecule has 0 spiro atoms. The van der Waals surface area contributed by atoms with Crippen molar-refractivity contribution in [1.29, 1.82) is 0 Å². The summed E-state index contributed by atoms with van der Waals surface area (Å²) in [5.74, 6) is -0.566. The molecular formula is C18H18ClN3O3. The molecule has 1 aliphatic heterocycles. The smallest absolute Gasteiger partial charge is 0.274 e. The molecule has 2 aromatic carbocycles. The third kappa shape index (κ3) is 3.60. The molecule has 2 atom stereocenters. The minimum atomic E-state index is -0.573. The lowest BCUT2D eigenvalue weighted by Crippen LogP contribution is -2.39. The van der Waals surface area contributed by atoms with Crippen molar-refractivity contribution >= 4 is 34.8 Å². The molecule has 0 unspecified atom stereocenters. The quantitative estimate of drug-likeness (QED) is 0.579. The van der Waals surface area contributed by atoms with Crippen LogP contribution in [0.1, 0.15) is 23.7 Å². The molecule has 1 aliphatic rings. The summed E-state index contributed by atoms with van der Waals surface area (Å²) >= 11 is 5.99. The van der Waals surface area contributed by atoms with Crippen LogP contribution in [0.2, 0.25) is 5.02 Å². The van der Waals surface area contributed by atoms with Crippen molar-refractivity contribution in [3.8, 4) is 0 Å². The van der Waals surface area contributed by atoms with E-state index in [1.54, 1.807) is 41.9 Å². The number of rotatable bonds is 4. The van der Waals surface area contributed by atoms with Crippen LogP contribution in [0.5, 0.6) is 0 Å². The van der Waals surface area contributed by atoms with E-state index in [-0.39, 0.29) is 18.0 Å². The first kappa shape index (κ1) is 17.3. The summed E-state index contributed by atoms with van der Waals surface area (Å²) in [6, 6.07) is 14.1. The summed E-state index contributed by atoms with van der Waals surface area (Å²) in [5, 5.41) is 12.3. The standard InChI is InChI=1S/C18H18ClN3O3/c1-11-16(10-17(23)20-11)22(15-8-4-13(19)5-9-15)14-6-2-12(3-7-14)18(24)21-25/h2-9,11,16,25H,10H2,1H3,(H,20,23)(H,21,24)/t11-,16+/m1/s1. The number of carbonyl (C=O) groups excluding carboxylic acids is 2. The predicted molar refractivity (Wildman–Crippen MR) is 95.3 cm³/mol. The van der Waals surface area contributed by atoms with E-state index in [9.17, 15) is 9.59 Å². The van der Waals surface area contributed by atoms with Crippen molar-refractivity contribution < 1.29 is 14.8 Å². The first-order chi connectivity index (χ1) is 12.0. The van der Waals surface area contributed by atoms with Crippen LogP contribution in [0.3, 0.4) is 0 Å². The summed E-state index contributed by atoms with van der Waals surface area (Å²) in [4.78, 5) is 25.4. The van der Waals surface area contributed by atoms with E-state index in [4.69, 9.17) is 16.8 Å². The molecule has 130 valence electrons. The molecule has 0 aliphatic carbocycles. The van der Waals surface area contributed by atoms with Crippen molar-refractivity contribution in [2.75, 3.05) is 4.90 Å². The highest BCUT2D eigenvalue weighted by molar-refractivity contribution is 6.30. The largest absolute Gasteiger partial charge is 0.351 e. The molecular weight excluding hydrogens is 342 g/mol. The molecule has 1 heterocycles. The van der Waals surface area contributed by atoms with Crippen LogP contribution in [0.15, 0.2) is 48.5 Å². The first-order valence-corrected chi connectivity index (χ1v) is 8.26. The number of halogens is 1. The number of amides is 2. The summed E-state index contributed by atoms with van der Waals surface area (Å²) in [6.45, 7) is 1.96. The van der Waals surface area contributed by atoms with Crippen molar-refractivity contribution in [1.82, 2.24) is 10.8 Å². The number of carbonyl (C=O) groups is 2. The van der Waals surface area contributed by atoms with Gasteiger partial charge < -0.3 is 10.2 Å². The van der Waals surface area contributed by atoms with Gasteiger partial charge in [-0.1, -0.05) is 11.6 Å². The second-order valence-corrected chi connectivity index (χ2v) is 6.40. The number of nitrogens with zero attached hydrogens (tertiary/aromatic N) is 1. The molecule has 7 heteroatoms. The maximum atomic E-state index is 11.8. The Balaban J connectivity index is 2.00. The number of benzene rings is 2. The second-order valence-electron chi connectivity index (χ2n) is 5.96. The Morgan fingerprint density at radius 3 is 2.20 bits per heavy atom. The molecule has 3 N–H and O–H groups in total. The molecule has 0 bridgehead atoms. The summed E-state index contributed by atoms with van der Waals surface area (Å²) < 4.78 is 0. The highest BCUT2D eigenvalue weighted by Gasteiger charge is 2.34. The van der Waals surface area contributed by atoms with Gasteiger partial charge in [0, 0.05) is 34.4 Å². The lowest BCUT2D eigenvalue weighted by atomic mass is 10.1. The predicted octanol–water partition coefficient (Wildman–Crippen LogP) is 2.87. The maximum absolute atomic E-state index is 11.8. The average Bonchev–Trinajstić information content (AvgIpc) is 2.95. The minimum Gasteiger partial charge on any atom is -0.351 e. The molecule has 1 saturated heterocycles. The fraction of sp³-hybridized carbons (Fsp3) is 0.222. The Hall–Kier alpha value is -2.57. The second kappa shape index (κ2) is 7.13. The van der Waals surface area contributed by atoms with E-state index in [0.29, 0.717) is 17.0 Å². The zero-order valence-electron chi connectivity index (χ0n) is 13.6. The van der Waals surface area contributed by atoms with Crippen LogP contribution < -0.4 is 15.7 Å². The summed E-state index contributed by atoms with van der Waals surface area (Å²) in [7, 11) is 0. The third-order valence-corrected chi connectivity index (χ3v) is 4.56. The highest BCUT2D eigenvalue weighted by Crippen LogP contribution is 2.33. The van der Waals surface area contributed by atoms with Gasteiger partial charge in [-0.2, -0.15) is 0 Å². The van der Waals surface area contributed by atoms with Gasteiger partial charge in [-0.05, 0) is 55.5 Å². The van der Waals surface area contributed by atoms with E-state index in [2.05, 4.69) is 10.2 Å². The number of nitrogens with one attached hydrogen (secondary N) is 2. The molecule has 6 nitrogen and oxygen atoms in total. The van der Waals surface area contributed by atoms with Gasteiger partial charge in [0.05, 0.1) is 6.04 Å². The van der Waals surface area contributed by atoms with E-state index in [1.807, 2.05) is 19.1 Å². The summed E-state index contributed by atoms with van der Waals surface area (Å²) in [5.41, 5.74) is 3.70. The van der Waals surface area contributed by atoms with Crippen LogP contribution >= 0.6 is 11.6 Å². The van der Waals surface area contributed by atoms with Crippen molar-refractivity contribution in [3.05, 3.63) is 59.1 Å². The van der Waals surface area contributed by atoms with Gasteiger partial charge in [0.15, 0.2) is 0 Å². The molecule has 1 fully saturated rings. The zero-order chi connectivity index (χ0) is 18.0. The SMILES string of the molecule is C[C@H]1NC(=O)C[C@@H]1N(c1ccc(Cl)cc1)c1ccc(C(=O)NO)cc1. The lowest BCUT2D eigenvalue weighted by Gasteiger charge is -2.33. The van der Waals surface area contributed by atoms with Gasteiger partial charge in [-0.15, -0.1) is 0 Å². The number of anilines is 2. The zero-order valence-corrected chi connectivity index (χ0v) is 14.3. The Bertz CT molecular complexity index is 777. The number of hydroxylamine groups is 1. The van der Waals surface area contributed by atoms with Crippen molar-refractivity contribution in [3.63, 3.8) is 0 Å². The fourth-order valence-electron chi connectivity index (χ4n) is 3.06. The minimum absolute atomic E-state index is 0.00717. The van der Waals surface area contributed by atoms with E-state index in [0.717, 1.165) is 11.4 Å². The van der Waals surface area contributed by atoms with E-state index in [1.165, 1.54) is 0 Å². The molecule has 2 amide bonds. The van der Waals surface area contributed by atoms with Gasteiger partial charge in [-0.25, -0.2) is 5.48 Å². The van der Waals surface area contributed by atoms with Crippen LogP contribution in [0.25, 0.3) is 0 Å². The van der Waals surface area contributed by atoms with E-state index < -0.39 is 5.91 Å². The van der Waals surface area contributed by atoms with Gasteiger partial charge in [0.1, 0.15) is 0 Å². The average molecular weight is 360 g/mol. The van der Waals surface area contributed by atoms with Gasteiger partial charge in [-0.3, -0.25) is 14.8 Å².